The molecular weight excluding hydrogens is 416 g/mol. The Morgan fingerprint density at radius 1 is 1.07 bits per heavy atom. The van der Waals surface area contributed by atoms with Crippen LogP contribution in [-0.4, -0.2) is 28.5 Å². The van der Waals surface area contributed by atoms with Crippen LogP contribution in [0.1, 0.15) is 29.2 Å². The Hall–Kier alpha value is -2.58. The van der Waals surface area contributed by atoms with Crippen LogP contribution < -0.4 is 15.4 Å². The van der Waals surface area contributed by atoms with Crippen molar-refractivity contribution in [3.8, 4) is 5.75 Å². The lowest BCUT2D eigenvalue weighted by Crippen LogP contribution is -2.23. The minimum Gasteiger partial charge on any atom is -0.495 e. The molecule has 3 rings (SSSR count). The molecule has 0 fully saturated rings. The van der Waals surface area contributed by atoms with E-state index in [-0.39, 0.29) is 11.2 Å². The van der Waals surface area contributed by atoms with E-state index in [4.69, 9.17) is 4.74 Å². The number of ether oxygens (including phenoxy) is 1. The van der Waals surface area contributed by atoms with E-state index in [1.807, 2.05) is 45.9 Å². The van der Waals surface area contributed by atoms with Gasteiger partial charge in [-0.25, -0.2) is 0 Å². The normalized spacial score (nSPS) is 11.8. The molecule has 30 heavy (non-hydrogen) atoms. The van der Waals surface area contributed by atoms with Gasteiger partial charge in [0.25, 0.3) is 0 Å². The van der Waals surface area contributed by atoms with E-state index in [0.29, 0.717) is 5.13 Å². The maximum atomic E-state index is 12.7. The van der Waals surface area contributed by atoms with E-state index in [2.05, 4.69) is 39.9 Å². The second-order valence-electron chi connectivity index (χ2n) is 7.22. The number of hydrogen-bond acceptors (Lipinski definition) is 7. The van der Waals surface area contributed by atoms with E-state index >= 15 is 0 Å². The van der Waals surface area contributed by atoms with Gasteiger partial charge in [0.15, 0.2) is 4.34 Å². The van der Waals surface area contributed by atoms with Gasteiger partial charge in [0.05, 0.1) is 18.0 Å². The topological polar surface area (TPSA) is 76.1 Å². The molecule has 1 unspecified atom stereocenters. The third-order valence-electron chi connectivity index (χ3n) is 4.58. The van der Waals surface area contributed by atoms with Gasteiger partial charge in [0, 0.05) is 5.69 Å². The maximum Gasteiger partial charge on any atom is 0.237 e. The fraction of sp³-hybridized carbons (Fsp3) is 0.318. The zero-order chi connectivity index (χ0) is 21.8. The Morgan fingerprint density at radius 3 is 2.43 bits per heavy atom. The molecule has 158 valence electrons. The van der Waals surface area contributed by atoms with Crippen LogP contribution in [0.3, 0.4) is 0 Å². The summed E-state index contributed by atoms with van der Waals surface area (Å²) in [7, 11) is 1.63. The second kappa shape index (κ2) is 9.49. The summed E-state index contributed by atoms with van der Waals surface area (Å²) >= 11 is 2.80. The van der Waals surface area contributed by atoms with Gasteiger partial charge >= 0.3 is 0 Å². The van der Waals surface area contributed by atoms with E-state index in [1.54, 1.807) is 7.11 Å². The van der Waals surface area contributed by atoms with Crippen LogP contribution in [-0.2, 0) is 4.79 Å². The number of rotatable bonds is 7. The largest absolute Gasteiger partial charge is 0.495 e. The average molecular weight is 443 g/mol. The summed E-state index contributed by atoms with van der Waals surface area (Å²) in [6.45, 7) is 9.96. The van der Waals surface area contributed by atoms with Gasteiger partial charge < -0.3 is 15.4 Å². The van der Waals surface area contributed by atoms with Crippen LogP contribution in [0.4, 0.5) is 16.5 Å². The van der Waals surface area contributed by atoms with E-state index in [0.717, 1.165) is 38.2 Å². The average Bonchev–Trinajstić information content (AvgIpc) is 3.11. The number of aromatic nitrogens is 2. The van der Waals surface area contributed by atoms with Crippen LogP contribution >= 0.6 is 23.1 Å². The summed E-state index contributed by atoms with van der Waals surface area (Å²) in [5, 5.41) is 15.1. The van der Waals surface area contributed by atoms with Crippen LogP contribution in [0.25, 0.3) is 0 Å². The molecule has 0 spiro atoms. The number of nitrogens with zero attached hydrogens (tertiary/aromatic N) is 2. The predicted octanol–water partition coefficient (Wildman–Crippen LogP) is 5.64. The summed E-state index contributed by atoms with van der Waals surface area (Å²) in [6.07, 6.45) is 0. The zero-order valence-electron chi connectivity index (χ0n) is 18.0. The summed E-state index contributed by atoms with van der Waals surface area (Å²) in [5.74, 6) is 0.682. The van der Waals surface area contributed by atoms with Crippen molar-refractivity contribution in [1.82, 2.24) is 10.2 Å². The summed E-state index contributed by atoms with van der Waals surface area (Å²) in [4.78, 5) is 12.7. The number of anilines is 3. The van der Waals surface area contributed by atoms with Crippen molar-refractivity contribution in [1.29, 1.82) is 0 Å². The smallest absolute Gasteiger partial charge is 0.237 e. The van der Waals surface area contributed by atoms with Crippen molar-refractivity contribution in [3.63, 3.8) is 0 Å². The molecule has 1 amide bonds. The Bertz CT molecular complexity index is 1040. The van der Waals surface area contributed by atoms with Crippen molar-refractivity contribution in [2.75, 3.05) is 17.7 Å². The van der Waals surface area contributed by atoms with Crippen molar-refractivity contribution in [2.24, 2.45) is 0 Å². The third kappa shape index (κ3) is 5.31. The summed E-state index contributed by atoms with van der Waals surface area (Å²) in [5.41, 5.74) is 6.14. The lowest BCUT2D eigenvalue weighted by Gasteiger charge is -2.15. The van der Waals surface area contributed by atoms with Crippen LogP contribution in [0.15, 0.2) is 34.7 Å². The Kier molecular flexibility index (Phi) is 6.99. The summed E-state index contributed by atoms with van der Waals surface area (Å²) < 4.78 is 6.12. The number of thioether (sulfide) groups is 1. The number of aryl methyl sites for hydroxylation is 4. The quantitative estimate of drug-likeness (QED) is 0.461. The predicted molar refractivity (Wildman–Crippen MR) is 126 cm³/mol. The highest BCUT2D eigenvalue weighted by Crippen LogP contribution is 2.34. The van der Waals surface area contributed by atoms with E-state index < -0.39 is 0 Å². The van der Waals surface area contributed by atoms with E-state index in [1.165, 1.54) is 28.7 Å². The van der Waals surface area contributed by atoms with Crippen molar-refractivity contribution >= 4 is 45.5 Å². The zero-order valence-corrected chi connectivity index (χ0v) is 19.6. The molecule has 8 heteroatoms. The molecule has 0 aliphatic rings. The number of methoxy groups -OCH3 is 1. The molecule has 2 aromatic carbocycles. The van der Waals surface area contributed by atoms with Gasteiger partial charge in [-0.3, -0.25) is 4.79 Å². The number of amides is 1. The van der Waals surface area contributed by atoms with Crippen molar-refractivity contribution < 1.29 is 9.53 Å². The first-order chi connectivity index (χ1) is 14.3. The second-order valence-corrected chi connectivity index (χ2v) is 9.79. The van der Waals surface area contributed by atoms with E-state index in [9.17, 15) is 4.79 Å². The molecule has 6 nitrogen and oxygen atoms in total. The molecule has 0 aliphatic heterocycles. The van der Waals surface area contributed by atoms with Crippen molar-refractivity contribution in [2.45, 2.75) is 44.2 Å². The molecule has 0 bridgehead atoms. The lowest BCUT2D eigenvalue weighted by atomic mass is 10.1. The summed E-state index contributed by atoms with van der Waals surface area (Å²) in [6, 6.07) is 10.0. The maximum absolute atomic E-state index is 12.7. The molecule has 1 heterocycles. The first-order valence-electron chi connectivity index (χ1n) is 9.57. The van der Waals surface area contributed by atoms with Gasteiger partial charge in [0.2, 0.25) is 11.0 Å². The van der Waals surface area contributed by atoms with Gasteiger partial charge in [-0.15, -0.1) is 10.2 Å². The van der Waals surface area contributed by atoms with Gasteiger partial charge in [0.1, 0.15) is 5.75 Å². The van der Waals surface area contributed by atoms with Crippen LogP contribution in [0.5, 0.6) is 5.75 Å². The minimum absolute atomic E-state index is 0.0554. The standard InChI is InChI=1S/C22H26N4O2S2/c1-12-7-8-18(28-6)17(11-12)23-21-25-26-22(30-21)29-16(5)20(27)24-19-14(3)9-13(2)10-15(19)4/h7-11,16H,1-6H3,(H,23,25)(H,24,27). The van der Waals surface area contributed by atoms with Crippen molar-refractivity contribution in [3.05, 3.63) is 52.6 Å². The Labute approximate surface area is 185 Å². The van der Waals surface area contributed by atoms with Gasteiger partial charge in [-0.1, -0.05) is 46.9 Å². The molecule has 0 aliphatic carbocycles. The fourth-order valence-corrected chi connectivity index (χ4v) is 5.06. The number of hydrogen-bond donors (Lipinski definition) is 2. The molecule has 1 aromatic heterocycles. The molecule has 2 N–H and O–H groups in total. The number of nitrogens with one attached hydrogen (secondary N) is 2. The number of benzene rings is 2. The highest BCUT2D eigenvalue weighted by molar-refractivity contribution is 8.02. The first kappa shape index (κ1) is 22.1. The SMILES string of the molecule is COc1ccc(C)cc1Nc1nnc(SC(C)C(=O)Nc2c(C)cc(C)cc2C)s1. The van der Waals surface area contributed by atoms with Gasteiger partial charge in [-0.2, -0.15) is 0 Å². The molecule has 1 atom stereocenters. The molecule has 0 radical (unpaired) electrons. The monoisotopic (exact) mass is 442 g/mol. The van der Waals surface area contributed by atoms with Crippen LogP contribution in [0, 0.1) is 27.7 Å². The highest BCUT2D eigenvalue weighted by Gasteiger charge is 2.19. The molecule has 0 saturated carbocycles. The van der Waals surface area contributed by atoms with Gasteiger partial charge in [-0.05, 0) is 63.4 Å². The Balaban J connectivity index is 1.66. The Morgan fingerprint density at radius 2 is 1.77 bits per heavy atom. The van der Waals surface area contributed by atoms with Crippen LogP contribution in [0.2, 0.25) is 0 Å². The molecular formula is C22H26N4O2S2. The molecule has 3 aromatic rings. The fourth-order valence-electron chi connectivity index (χ4n) is 3.15. The molecule has 0 saturated heterocycles. The number of carbonyl (C=O) groups is 1. The highest BCUT2D eigenvalue weighted by atomic mass is 32.2. The lowest BCUT2D eigenvalue weighted by molar-refractivity contribution is -0.115. The number of carbonyl (C=O) groups excluding carboxylic acids is 1. The minimum atomic E-state index is -0.306. The first-order valence-corrected chi connectivity index (χ1v) is 11.3. The third-order valence-corrected chi connectivity index (χ3v) is 6.60.